The normalized spacial score (nSPS) is 10.8. The first-order chi connectivity index (χ1) is 13.1. The van der Waals surface area contributed by atoms with Crippen LogP contribution in [0.15, 0.2) is 53.5 Å². The number of nitrogens with one attached hydrogen (secondary N) is 3. The number of rotatable bonds is 8. The van der Waals surface area contributed by atoms with Crippen LogP contribution in [0.2, 0.25) is 5.02 Å². The molecule has 0 bridgehead atoms. The van der Waals surface area contributed by atoms with Crippen LogP contribution in [-0.4, -0.2) is 38.5 Å². The minimum atomic E-state index is -0.0728. The van der Waals surface area contributed by atoms with E-state index >= 15 is 0 Å². The molecule has 0 spiro atoms. The van der Waals surface area contributed by atoms with Gasteiger partial charge in [0, 0.05) is 37.3 Å². The maximum absolute atomic E-state index is 11.7. The SMILES string of the molecule is CCNC(=NCCc1cccc(C(=O)NC)c1)NCCc1cccc(Cl)c1.I. The van der Waals surface area contributed by atoms with Gasteiger partial charge in [-0.15, -0.1) is 24.0 Å². The highest BCUT2D eigenvalue weighted by atomic mass is 127. The van der Waals surface area contributed by atoms with Crippen molar-refractivity contribution in [2.24, 2.45) is 4.99 Å². The third kappa shape index (κ3) is 8.48. The van der Waals surface area contributed by atoms with Gasteiger partial charge in [0.2, 0.25) is 0 Å². The van der Waals surface area contributed by atoms with Gasteiger partial charge in [0.1, 0.15) is 0 Å². The zero-order chi connectivity index (χ0) is 19.5. The molecule has 0 fully saturated rings. The Kier molecular flexibility index (Phi) is 11.6. The number of hydrogen-bond donors (Lipinski definition) is 3. The number of amides is 1. The van der Waals surface area contributed by atoms with Gasteiger partial charge in [-0.3, -0.25) is 9.79 Å². The van der Waals surface area contributed by atoms with E-state index in [4.69, 9.17) is 11.6 Å². The Morgan fingerprint density at radius 2 is 1.75 bits per heavy atom. The van der Waals surface area contributed by atoms with Crippen LogP contribution in [0, 0.1) is 0 Å². The monoisotopic (exact) mass is 514 g/mol. The largest absolute Gasteiger partial charge is 0.357 e. The topological polar surface area (TPSA) is 65.5 Å². The number of guanidine groups is 1. The summed E-state index contributed by atoms with van der Waals surface area (Å²) in [5.74, 6) is 0.721. The van der Waals surface area contributed by atoms with Crippen LogP contribution in [0.4, 0.5) is 0 Å². The van der Waals surface area contributed by atoms with Gasteiger partial charge in [-0.2, -0.15) is 0 Å². The Morgan fingerprint density at radius 1 is 1.04 bits per heavy atom. The van der Waals surface area contributed by atoms with Crippen molar-refractivity contribution in [3.05, 3.63) is 70.2 Å². The second-order valence-electron chi connectivity index (χ2n) is 6.10. The number of aliphatic imine (C=N–C) groups is 1. The van der Waals surface area contributed by atoms with Crippen molar-refractivity contribution in [3.8, 4) is 0 Å². The Labute approximate surface area is 189 Å². The summed E-state index contributed by atoms with van der Waals surface area (Å²) in [5.41, 5.74) is 2.96. The molecule has 2 aromatic rings. The van der Waals surface area contributed by atoms with Gasteiger partial charge >= 0.3 is 0 Å². The summed E-state index contributed by atoms with van der Waals surface area (Å²) < 4.78 is 0. The van der Waals surface area contributed by atoms with Crippen molar-refractivity contribution in [3.63, 3.8) is 0 Å². The highest BCUT2D eigenvalue weighted by Gasteiger charge is 2.04. The fourth-order valence-electron chi connectivity index (χ4n) is 2.67. The lowest BCUT2D eigenvalue weighted by atomic mass is 10.1. The Hall–Kier alpha value is -1.80. The molecule has 0 heterocycles. The molecule has 0 aliphatic carbocycles. The number of benzene rings is 2. The van der Waals surface area contributed by atoms with Crippen molar-refractivity contribution in [2.45, 2.75) is 19.8 Å². The predicted octanol–water partition coefficient (Wildman–Crippen LogP) is 3.66. The van der Waals surface area contributed by atoms with E-state index in [1.165, 1.54) is 5.56 Å². The zero-order valence-electron chi connectivity index (χ0n) is 16.3. The van der Waals surface area contributed by atoms with Crippen molar-refractivity contribution in [1.29, 1.82) is 0 Å². The van der Waals surface area contributed by atoms with Crippen LogP contribution in [0.3, 0.4) is 0 Å². The third-order valence-electron chi connectivity index (χ3n) is 4.03. The molecule has 7 heteroatoms. The van der Waals surface area contributed by atoms with E-state index in [9.17, 15) is 4.79 Å². The van der Waals surface area contributed by atoms with Crippen molar-refractivity contribution in [2.75, 3.05) is 26.7 Å². The van der Waals surface area contributed by atoms with E-state index < -0.39 is 0 Å². The average molecular weight is 515 g/mol. The predicted molar refractivity (Wildman–Crippen MR) is 128 cm³/mol. The lowest BCUT2D eigenvalue weighted by molar-refractivity contribution is 0.0963. The van der Waals surface area contributed by atoms with Gasteiger partial charge < -0.3 is 16.0 Å². The van der Waals surface area contributed by atoms with Crippen LogP contribution in [0.25, 0.3) is 0 Å². The molecule has 5 nitrogen and oxygen atoms in total. The number of carbonyl (C=O) groups is 1. The van der Waals surface area contributed by atoms with E-state index in [2.05, 4.69) is 27.0 Å². The van der Waals surface area contributed by atoms with Crippen LogP contribution in [0.1, 0.15) is 28.4 Å². The molecular formula is C21H28ClIN4O. The van der Waals surface area contributed by atoms with E-state index in [1.54, 1.807) is 7.05 Å². The first-order valence-electron chi connectivity index (χ1n) is 9.20. The van der Waals surface area contributed by atoms with Gasteiger partial charge in [0.25, 0.3) is 5.91 Å². The quantitative estimate of drug-likeness (QED) is 0.286. The number of halogens is 2. The van der Waals surface area contributed by atoms with Crippen LogP contribution < -0.4 is 16.0 Å². The third-order valence-corrected chi connectivity index (χ3v) is 4.26. The Balaban J connectivity index is 0.00000392. The van der Waals surface area contributed by atoms with Crippen molar-refractivity contribution < 1.29 is 4.79 Å². The molecule has 0 saturated heterocycles. The van der Waals surface area contributed by atoms with E-state index in [0.717, 1.165) is 42.5 Å². The molecule has 0 radical (unpaired) electrons. The van der Waals surface area contributed by atoms with Crippen molar-refractivity contribution >= 4 is 47.4 Å². The summed E-state index contributed by atoms with van der Waals surface area (Å²) >= 11 is 6.02. The fraction of sp³-hybridized carbons (Fsp3) is 0.333. The smallest absolute Gasteiger partial charge is 0.251 e. The van der Waals surface area contributed by atoms with Gasteiger partial charge in [-0.25, -0.2) is 0 Å². The molecule has 2 rings (SSSR count). The first kappa shape index (κ1) is 24.2. The number of hydrogen-bond acceptors (Lipinski definition) is 2. The summed E-state index contributed by atoms with van der Waals surface area (Å²) in [6, 6.07) is 15.5. The second-order valence-corrected chi connectivity index (χ2v) is 6.53. The molecule has 152 valence electrons. The molecule has 0 aliphatic heterocycles. The minimum absolute atomic E-state index is 0. The zero-order valence-corrected chi connectivity index (χ0v) is 19.4. The molecule has 0 aliphatic rings. The van der Waals surface area contributed by atoms with Crippen LogP contribution in [0.5, 0.6) is 0 Å². The first-order valence-corrected chi connectivity index (χ1v) is 9.57. The highest BCUT2D eigenvalue weighted by molar-refractivity contribution is 14.0. The maximum Gasteiger partial charge on any atom is 0.251 e. The van der Waals surface area contributed by atoms with Crippen molar-refractivity contribution in [1.82, 2.24) is 16.0 Å². The Bertz CT molecular complexity index is 783. The standard InChI is InChI=1S/C21H27ClN4O.HI/c1-3-24-21(26-13-11-17-7-5-9-19(22)15-17)25-12-10-16-6-4-8-18(14-16)20(27)23-2;/h4-9,14-15H,3,10-13H2,1-2H3,(H,23,27)(H2,24,25,26);1H. The second kappa shape index (κ2) is 13.4. The maximum atomic E-state index is 11.7. The molecule has 28 heavy (non-hydrogen) atoms. The molecule has 2 aromatic carbocycles. The molecule has 1 amide bonds. The van der Waals surface area contributed by atoms with E-state index in [1.807, 2.05) is 49.4 Å². The summed E-state index contributed by atoms with van der Waals surface area (Å²) in [5, 5.41) is 10.0. The van der Waals surface area contributed by atoms with Gasteiger partial charge in [-0.1, -0.05) is 35.9 Å². The van der Waals surface area contributed by atoms with Crippen LogP contribution >= 0.6 is 35.6 Å². The summed E-state index contributed by atoms with van der Waals surface area (Å²) in [7, 11) is 1.64. The summed E-state index contributed by atoms with van der Waals surface area (Å²) in [6.45, 7) is 4.26. The van der Waals surface area contributed by atoms with Gasteiger partial charge in [0.05, 0.1) is 0 Å². The molecular weight excluding hydrogens is 487 g/mol. The van der Waals surface area contributed by atoms with Crippen LogP contribution in [-0.2, 0) is 12.8 Å². The summed E-state index contributed by atoms with van der Waals surface area (Å²) in [4.78, 5) is 16.3. The molecule has 0 aromatic heterocycles. The molecule has 3 N–H and O–H groups in total. The lowest BCUT2D eigenvalue weighted by Crippen LogP contribution is -2.38. The number of nitrogens with zero attached hydrogens (tertiary/aromatic N) is 1. The van der Waals surface area contributed by atoms with Gasteiger partial charge in [0.15, 0.2) is 5.96 Å². The highest BCUT2D eigenvalue weighted by Crippen LogP contribution is 2.10. The average Bonchev–Trinajstić information content (AvgIpc) is 2.67. The van der Waals surface area contributed by atoms with Gasteiger partial charge in [-0.05, 0) is 55.2 Å². The molecule has 0 saturated carbocycles. The molecule has 0 unspecified atom stereocenters. The molecule has 0 atom stereocenters. The summed E-state index contributed by atoms with van der Waals surface area (Å²) in [6.07, 6.45) is 1.65. The lowest BCUT2D eigenvalue weighted by Gasteiger charge is -2.11. The van der Waals surface area contributed by atoms with E-state index in [0.29, 0.717) is 12.1 Å². The fourth-order valence-corrected chi connectivity index (χ4v) is 2.88. The minimum Gasteiger partial charge on any atom is -0.357 e. The Morgan fingerprint density at radius 3 is 2.43 bits per heavy atom. The number of carbonyl (C=O) groups excluding carboxylic acids is 1. The van der Waals surface area contributed by atoms with E-state index in [-0.39, 0.29) is 29.9 Å².